The molecule has 0 aliphatic rings. The van der Waals surface area contributed by atoms with Gasteiger partial charge in [-0.1, -0.05) is 12.1 Å². The van der Waals surface area contributed by atoms with Gasteiger partial charge < -0.3 is 16.8 Å². The summed E-state index contributed by atoms with van der Waals surface area (Å²) in [6, 6.07) is 7.24. The first-order chi connectivity index (χ1) is 13.0. The second-order valence-corrected chi connectivity index (χ2v) is 5.47. The van der Waals surface area contributed by atoms with Crippen molar-refractivity contribution in [2.24, 2.45) is 16.5 Å². The quantitative estimate of drug-likeness (QED) is 0.409. The molecule has 10 heteroatoms. The molecular formula is C17H16F2N8. The van der Waals surface area contributed by atoms with Crippen molar-refractivity contribution >= 4 is 23.3 Å². The number of aromatic nitrogens is 4. The first-order valence-electron chi connectivity index (χ1n) is 7.80. The fourth-order valence-corrected chi connectivity index (χ4v) is 2.32. The number of aryl methyl sites for hydroxylation is 1. The van der Waals surface area contributed by atoms with Gasteiger partial charge in [-0.2, -0.15) is 9.98 Å². The van der Waals surface area contributed by atoms with Crippen LogP contribution in [0.2, 0.25) is 0 Å². The van der Waals surface area contributed by atoms with Crippen molar-refractivity contribution in [2.75, 3.05) is 0 Å². The topological polar surface area (TPSA) is 131 Å². The number of rotatable bonds is 4. The van der Waals surface area contributed by atoms with Crippen molar-refractivity contribution in [3.8, 4) is 0 Å². The van der Waals surface area contributed by atoms with Crippen molar-refractivity contribution in [1.29, 1.82) is 0 Å². The number of nitrogens with zero attached hydrogens (tertiary/aromatic N) is 4. The molecule has 0 saturated heterocycles. The molecule has 0 unspecified atom stereocenters. The number of guanidine groups is 1. The fourth-order valence-electron chi connectivity index (χ4n) is 2.32. The average molecular weight is 370 g/mol. The molecule has 8 nitrogen and oxygen atoms in total. The van der Waals surface area contributed by atoms with Crippen LogP contribution in [0.25, 0.3) is 11.4 Å². The van der Waals surface area contributed by atoms with Gasteiger partial charge in [0.05, 0.1) is 17.6 Å². The van der Waals surface area contributed by atoms with Gasteiger partial charge in [0, 0.05) is 17.3 Å². The SMILES string of the molecule is Cc1nc(N=C(N)N/C(=C(\N)c2ccncc2F)c2ccccc2F)n[nH]1. The second-order valence-electron chi connectivity index (χ2n) is 5.47. The first kappa shape index (κ1) is 18.0. The summed E-state index contributed by atoms with van der Waals surface area (Å²) in [4.78, 5) is 11.7. The third-order valence-electron chi connectivity index (χ3n) is 3.53. The third kappa shape index (κ3) is 4.06. The molecule has 27 heavy (non-hydrogen) atoms. The van der Waals surface area contributed by atoms with Gasteiger partial charge >= 0.3 is 0 Å². The largest absolute Gasteiger partial charge is 0.396 e. The van der Waals surface area contributed by atoms with E-state index in [1.807, 2.05) is 0 Å². The molecule has 1 aromatic carbocycles. The van der Waals surface area contributed by atoms with Gasteiger partial charge in [0.15, 0.2) is 5.82 Å². The van der Waals surface area contributed by atoms with E-state index in [9.17, 15) is 8.78 Å². The molecule has 0 bridgehead atoms. The van der Waals surface area contributed by atoms with Crippen LogP contribution in [0, 0.1) is 18.6 Å². The van der Waals surface area contributed by atoms with Gasteiger partial charge in [0.2, 0.25) is 5.96 Å². The van der Waals surface area contributed by atoms with Crippen molar-refractivity contribution in [2.45, 2.75) is 6.92 Å². The number of hydrogen-bond donors (Lipinski definition) is 4. The van der Waals surface area contributed by atoms with E-state index < -0.39 is 11.6 Å². The minimum atomic E-state index is -0.661. The summed E-state index contributed by atoms with van der Waals surface area (Å²) in [7, 11) is 0. The fraction of sp³-hybridized carbons (Fsp3) is 0.0588. The summed E-state index contributed by atoms with van der Waals surface area (Å²) >= 11 is 0. The smallest absolute Gasteiger partial charge is 0.271 e. The molecule has 0 atom stereocenters. The lowest BCUT2D eigenvalue weighted by atomic mass is 10.1. The van der Waals surface area contributed by atoms with E-state index in [1.165, 1.54) is 30.5 Å². The maximum absolute atomic E-state index is 14.4. The van der Waals surface area contributed by atoms with Crippen LogP contribution in [0.15, 0.2) is 47.7 Å². The van der Waals surface area contributed by atoms with E-state index in [2.05, 4.69) is 30.5 Å². The van der Waals surface area contributed by atoms with E-state index in [0.717, 1.165) is 6.20 Å². The minimum absolute atomic E-state index is 0.0392. The summed E-state index contributed by atoms with van der Waals surface area (Å²) < 4.78 is 28.5. The number of benzene rings is 1. The lowest BCUT2D eigenvalue weighted by molar-refractivity contribution is 0.616. The zero-order chi connectivity index (χ0) is 19.4. The summed E-state index contributed by atoms with van der Waals surface area (Å²) in [5, 5.41) is 9.18. The molecule has 0 spiro atoms. The van der Waals surface area contributed by atoms with E-state index in [-0.39, 0.29) is 34.4 Å². The lowest BCUT2D eigenvalue weighted by Gasteiger charge is -2.15. The molecule has 138 valence electrons. The Morgan fingerprint density at radius 3 is 2.56 bits per heavy atom. The molecule has 2 heterocycles. The van der Waals surface area contributed by atoms with Gasteiger partial charge in [0.1, 0.15) is 11.6 Å². The van der Waals surface area contributed by atoms with Gasteiger partial charge in [-0.3, -0.25) is 10.1 Å². The summed E-state index contributed by atoms with van der Waals surface area (Å²) in [5.74, 6) is -0.752. The van der Waals surface area contributed by atoms with E-state index in [1.54, 1.807) is 13.0 Å². The van der Waals surface area contributed by atoms with Crippen molar-refractivity contribution < 1.29 is 8.78 Å². The van der Waals surface area contributed by atoms with Crippen LogP contribution in [-0.4, -0.2) is 26.1 Å². The number of nitrogens with one attached hydrogen (secondary N) is 2. The van der Waals surface area contributed by atoms with Crippen molar-refractivity contribution in [3.63, 3.8) is 0 Å². The molecule has 3 rings (SSSR count). The number of H-pyrrole nitrogens is 1. The predicted molar refractivity (Wildman–Crippen MR) is 97.1 cm³/mol. The van der Waals surface area contributed by atoms with E-state index >= 15 is 0 Å². The molecule has 0 amide bonds. The summed E-state index contributed by atoms with van der Waals surface area (Å²) in [5.41, 5.74) is 12.1. The van der Waals surface area contributed by atoms with E-state index in [4.69, 9.17) is 11.5 Å². The molecule has 0 fully saturated rings. The minimum Gasteiger partial charge on any atom is -0.396 e. The molecule has 0 saturated carbocycles. The van der Waals surface area contributed by atoms with Crippen LogP contribution in [0.3, 0.4) is 0 Å². The Bertz CT molecular complexity index is 1030. The third-order valence-corrected chi connectivity index (χ3v) is 3.53. The Morgan fingerprint density at radius 2 is 1.89 bits per heavy atom. The molecule has 3 aromatic rings. The highest BCUT2D eigenvalue weighted by atomic mass is 19.1. The molecule has 0 aliphatic heterocycles. The molecule has 0 radical (unpaired) electrons. The molecule has 2 aromatic heterocycles. The summed E-state index contributed by atoms with van der Waals surface area (Å²) in [6.45, 7) is 1.70. The maximum Gasteiger partial charge on any atom is 0.271 e. The average Bonchev–Trinajstić information content (AvgIpc) is 3.05. The number of aromatic amines is 1. The Morgan fingerprint density at radius 1 is 1.11 bits per heavy atom. The highest BCUT2D eigenvalue weighted by Crippen LogP contribution is 2.24. The Labute approximate surface area is 153 Å². The second kappa shape index (κ2) is 7.60. The maximum atomic E-state index is 14.4. The van der Waals surface area contributed by atoms with Crippen molar-refractivity contribution in [3.05, 3.63) is 71.3 Å². The van der Waals surface area contributed by atoms with Gasteiger partial charge in [-0.15, -0.1) is 5.10 Å². The van der Waals surface area contributed by atoms with Gasteiger partial charge in [-0.25, -0.2) is 8.78 Å². The van der Waals surface area contributed by atoms with Crippen LogP contribution in [0.4, 0.5) is 14.7 Å². The number of hydrogen-bond acceptors (Lipinski definition) is 5. The number of pyridine rings is 1. The Balaban J connectivity index is 2.08. The monoisotopic (exact) mass is 370 g/mol. The standard InChI is InChI=1S/C17H16F2N8/c1-9-23-17(27-26-9)25-16(21)24-15(11-4-2-3-5-12(11)18)14(20)10-6-7-22-8-13(10)19/h2-8H,20H2,1H3,(H4,21,23,24,25,26,27)/b15-14-. The van der Waals surface area contributed by atoms with E-state index in [0.29, 0.717) is 5.82 Å². The highest BCUT2D eigenvalue weighted by Gasteiger charge is 2.16. The van der Waals surface area contributed by atoms with Crippen LogP contribution in [0.1, 0.15) is 17.0 Å². The van der Waals surface area contributed by atoms with Crippen LogP contribution in [-0.2, 0) is 0 Å². The lowest BCUT2D eigenvalue weighted by Crippen LogP contribution is -2.32. The predicted octanol–water partition coefficient (Wildman–Crippen LogP) is 1.81. The summed E-state index contributed by atoms with van der Waals surface area (Å²) in [6.07, 6.45) is 2.38. The zero-order valence-corrected chi connectivity index (χ0v) is 14.2. The van der Waals surface area contributed by atoms with Crippen LogP contribution in [0.5, 0.6) is 0 Å². The Kier molecular flexibility index (Phi) is 5.06. The van der Waals surface area contributed by atoms with Crippen molar-refractivity contribution in [1.82, 2.24) is 25.5 Å². The molecular weight excluding hydrogens is 354 g/mol. The molecule has 0 aliphatic carbocycles. The number of halogens is 2. The molecule has 6 N–H and O–H groups in total. The zero-order valence-electron chi connectivity index (χ0n) is 14.2. The van der Waals surface area contributed by atoms with Crippen LogP contribution < -0.4 is 16.8 Å². The number of aliphatic imine (C=N–C) groups is 1. The number of nitrogens with two attached hydrogens (primary N) is 2. The van der Waals surface area contributed by atoms with Gasteiger partial charge in [0.25, 0.3) is 5.95 Å². The Hall–Kier alpha value is -3.82. The van der Waals surface area contributed by atoms with Crippen LogP contribution >= 0.6 is 0 Å². The first-order valence-corrected chi connectivity index (χ1v) is 7.80. The normalized spacial score (nSPS) is 12.6. The highest BCUT2D eigenvalue weighted by molar-refractivity contribution is 5.97. The van der Waals surface area contributed by atoms with Gasteiger partial charge in [-0.05, 0) is 25.1 Å².